The molecule has 0 aromatic heterocycles. The molecule has 22 heavy (non-hydrogen) atoms. The monoisotopic (exact) mass is 297 g/mol. The number of hydrogen-bond acceptors (Lipinski definition) is 3. The van der Waals surface area contributed by atoms with E-state index in [1.807, 2.05) is 30.3 Å². The maximum atomic E-state index is 13.0. The first-order valence-corrected chi connectivity index (χ1v) is 7.61. The minimum Gasteiger partial charge on any atom is -0.633 e. The standard InChI is InChI=1S/C18H19NO3/c1-19(20)9-8-12-4-3-5-16-18(12)15(19)10-13-6-7-14(21-2)11-17(13)22-16/h3-7,11,15H,8-10H2,1-2H3. The van der Waals surface area contributed by atoms with Gasteiger partial charge in [0, 0.05) is 24.5 Å². The summed E-state index contributed by atoms with van der Waals surface area (Å²) in [6, 6.07) is 11.8. The van der Waals surface area contributed by atoms with Crippen molar-refractivity contribution in [3.8, 4) is 17.2 Å². The van der Waals surface area contributed by atoms with Crippen LogP contribution in [-0.4, -0.2) is 25.3 Å². The maximum absolute atomic E-state index is 13.0. The first kappa shape index (κ1) is 13.6. The summed E-state index contributed by atoms with van der Waals surface area (Å²) in [7, 11) is 3.42. The molecule has 2 aromatic rings. The van der Waals surface area contributed by atoms with Gasteiger partial charge in [-0.3, -0.25) is 0 Å². The molecule has 2 heterocycles. The second kappa shape index (κ2) is 4.73. The van der Waals surface area contributed by atoms with Gasteiger partial charge in [-0.15, -0.1) is 0 Å². The number of quaternary nitrogens is 1. The molecule has 2 aliphatic heterocycles. The highest BCUT2D eigenvalue weighted by Gasteiger charge is 2.38. The van der Waals surface area contributed by atoms with Gasteiger partial charge in [0.25, 0.3) is 0 Å². The second-order valence-corrected chi connectivity index (χ2v) is 6.27. The van der Waals surface area contributed by atoms with Gasteiger partial charge in [0.2, 0.25) is 0 Å². The number of methoxy groups -OCH3 is 1. The van der Waals surface area contributed by atoms with Gasteiger partial charge in [-0.05, 0) is 17.7 Å². The molecule has 2 atom stereocenters. The van der Waals surface area contributed by atoms with Gasteiger partial charge >= 0.3 is 0 Å². The van der Waals surface area contributed by atoms with Crippen molar-refractivity contribution in [1.82, 2.24) is 0 Å². The van der Waals surface area contributed by atoms with Crippen molar-refractivity contribution in [2.24, 2.45) is 0 Å². The Bertz CT molecular complexity index is 739. The minimum absolute atomic E-state index is 0.102. The van der Waals surface area contributed by atoms with Crippen molar-refractivity contribution < 1.29 is 14.1 Å². The summed E-state index contributed by atoms with van der Waals surface area (Å²) >= 11 is 0. The third-order valence-corrected chi connectivity index (χ3v) is 4.88. The normalized spacial score (nSPS) is 25.5. The van der Waals surface area contributed by atoms with Crippen molar-refractivity contribution in [3.05, 3.63) is 58.3 Å². The van der Waals surface area contributed by atoms with Gasteiger partial charge in [-0.2, -0.15) is 0 Å². The number of likely N-dealkylation sites (N-methyl/N-ethyl adjacent to an activating group) is 1. The number of hydrogen-bond donors (Lipinski definition) is 0. The fourth-order valence-corrected chi connectivity index (χ4v) is 3.59. The predicted molar refractivity (Wildman–Crippen MR) is 84.1 cm³/mol. The van der Waals surface area contributed by atoms with E-state index in [9.17, 15) is 5.21 Å². The number of hydroxylamine groups is 3. The molecule has 0 N–H and O–H groups in total. The van der Waals surface area contributed by atoms with Gasteiger partial charge < -0.3 is 19.3 Å². The van der Waals surface area contributed by atoms with Crippen LogP contribution in [0.2, 0.25) is 0 Å². The molecule has 2 aromatic carbocycles. The Morgan fingerprint density at radius 2 is 2.05 bits per heavy atom. The first-order valence-electron chi connectivity index (χ1n) is 7.61. The van der Waals surface area contributed by atoms with Crippen LogP contribution in [0.5, 0.6) is 17.2 Å². The highest BCUT2D eigenvalue weighted by molar-refractivity contribution is 5.52. The van der Waals surface area contributed by atoms with E-state index < -0.39 is 0 Å². The summed E-state index contributed by atoms with van der Waals surface area (Å²) < 4.78 is 11.2. The number of rotatable bonds is 1. The van der Waals surface area contributed by atoms with Crippen molar-refractivity contribution in [2.45, 2.75) is 18.9 Å². The zero-order valence-corrected chi connectivity index (χ0v) is 12.8. The Morgan fingerprint density at radius 1 is 1.18 bits per heavy atom. The molecular weight excluding hydrogens is 278 g/mol. The average molecular weight is 297 g/mol. The van der Waals surface area contributed by atoms with Crippen LogP contribution in [0.25, 0.3) is 0 Å². The van der Waals surface area contributed by atoms with Crippen LogP contribution in [0.3, 0.4) is 0 Å². The van der Waals surface area contributed by atoms with E-state index in [2.05, 4.69) is 6.07 Å². The highest BCUT2D eigenvalue weighted by Crippen LogP contribution is 2.47. The fraction of sp³-hybridized carbons (Fsp3) is 0.333. The lowest BCUT2D eigenvalue weighted by Crippen LogP contribution is -2.47. The summed E-state index contributed by atoms with van der Waals surface area (Å²) in [5.74, 6) is 2.38. The van der Waals surface area contributed by atoms with Crippen LogP contribution in [0.1, 0.15) is 22.7 Å². The van der Waals surface area contributed by atoms with Crippen molar-refractivity contribution in [3.63, 3.8) is 0 Å². The van der Waals surface area contributed by atoms with Crippen LogP contribution >= 0.6 is 0 Å². The van der Waals surface area contributed by atoms with Crippen LogP contribution in [0.15, 0.2) is 36.4 Å². The summed E-state index contributed by atoms with van der Waals surface area (Å²) in [4.78, 5) is 0. The van der Waals surface area contributed by atoms with Crippen molar-refractivity contribution in [2.75, 3.05) is 20.7 Å². The van der Waals surface area contributed by atoms with Crippen LogP contribution in [0.4, 0.5) is 0 Å². The molecule has 0 aliphatic carbocycles. The van der Waals surface area contributed by atoms with Crippen LogP contribution in [0, 0.1) is 5.21 Å². The molecule has 4 heteroatoms. The fourth-order valence-electron chi connectivity index (χ4n) is 3.59. The second-order valence-electron chi connectivity index (χ2n) is 6.27. The predicted octanol–water partition coefficient (Wildman–Crippen LogP) is 3.59. The molecule has 2 aliphatic rings. The highest BCUT2D eigenvalue weighted by atomic mass is 16.5. The lowest BCUT2D eigenvalue weighted by molar-refractivity contribution is -0.894. The number of fused-ring (bicyclic) bond motifs is 1. The van der Waals surface area contributed by atoms with E-state index in [1.54, 1.807) is 14.2 Å². The van der Waals surface area contributed by atoms with E-state index in [0.29, 0.717) is 13.0 Å². The minimum atomic E-state index is -0.237. The lowest BCUT2D eigenvalue weighted by Gasteiger charge is -2.48. The van der Waals surface area contributed by atoms with E-state index in [0.717, 1.165) is 34.8 Å². The summed E-state index contributed by atoms with van der Waals surface area (Å²) in [6.45, 7) is 0.618. The molecule has 0 fully saturated rings. The zero-order valence-electron chi connectivity index (χ0n) is 12.8. The topological polar surface area (TPSA) is 41.5 Å². The van der Waals surface area contributed by atoms with Crippen molar-refractivity contribution >= 4 is 0 Å². The summed E-state index contributed by atoms with van der Waals surface area (Å²) in [5, 5.41) is 13.0. The molecule has 114 valence electrons. The molecular formula is C18H19NO3. The summed E-state index contributed by atoms with van der Waals surface area (Å²) in [6.07, 6.45) is 1.51. The Labute approximate surface area is 130 Å². The first-order chi connectivity index (χ1) is 10.6. The smallest absolute Gasteiger partial charge is 0.136 e. The molecule has 4 nitrogen and oxygen atoms in total. The molecule has 0 saturated carbocycles. The van der Waals surface area contributed by atoms with E-state index in [-0.39, 0.29) is 10.7 Å². The quantitative estimate of drug-likeness (QED) is 0.596. The van der Waals surface area contributed by atoms with Gasteiger partial charge in [0.1, 0.15) is 23.3 Å². The zero-order chi connectivity index (χ0) is 15.3. The molecule has 0 saturated heterocycles. The molecule has 2 unspecified atom stereocenters. The Morgan fingerprint density at radius 3 is 2.86 bits per heavy atom. The van der Waals surface area contributed by atoms with E-state index in [4.69, 9.17) is 9.47 Å². The average Bonchev–Trinajstić information content (AvgIpc) is 2.68. The largest absolute Gasteiger partial charge is 0.633 e. The molecule has 0 bridgehead atoms. The van der Waals surface area contributed by atoms with Gasteiger partial charge in [-0.1, -0.05) is 18.2 Å². The van der Waals surface area contributed by atoms with Crippen LogP contribution in [-0.2, 0) is 12.8 Å². The maximum Gasteiger partial charge on any atom is 0.136 e. The third-order valence-electron chi connectivity index (χ3n) is 4.88. The van der Waals surface area contributed by atoms with E-state index in [1.165, 1.54) is 5.56 Å². The Balaban J connectivity index is 1.91. The van der Waals surface area contributed by atoms with Crippen molar-refractivity contribution in [1.29, 1.82) is 0 Å². The molecule has 0 radical (unpaired) electrons. The number of benzene rings is 2. The SMILES string of the molecule is COc1ccc2c(c1)Oc1cccc3c1C(C2)[N+](C)([O-])CC3. The molecule has 0 amide bonds. The van der Waals surface area contributed by atoms with Gasteiger partial charge in [0.05, 0.1) is 26.3 Å². The number of nitrogens with zero attached hydrogens (tertiary/aromatic N) is 1. The van der Waals surface area contributed by atoms with Gasteiger partial charge in [0.15, 0.2) is 0 Å². The number of ether oxygens (including phenoxy) is 2. The Kier molecular flexibility index (Phi) is 2.93. The summed E-state index contributed by atoms with van der Waals surface area (Å²) in [5.41, 5.74) is 3.39. The Hall–Kier alpha value is -2.04. The molecule has 0 spiro atoms. The van der Waals surface area contributed by atoms with Gasteiger partial charge in [-0.25, -0.2) is 0 Å². The van der Waals surface area contributed by atoms with Crippen LogP contribution < -0.4 is 9.47 Å². The molecule has 4 rings (SSSR count). The van der Waals surface area contributed by atoms with E-state index >= 15 is 0 Å². The lowest BCUT2D eigenvalue weighted by atomic mass is 9.88. The third kappa shape index (κ3) is 1.99.